The van der Waals surface area contributed by atoms with Gasteiger partial charge in [-0.2, -0.15) is 0 Å². The molecule has 1 aliphatic heterocycles. The number of aliphatic hydroxyl groups is 1. The number of phenolic OH excluding ortho intramolecular Hbond substituents is 1. The minimum absolute atomic E-state index is 0.188. The molecule has 5 rings (SSSR count). The van der Waals surface area contributed by atoms with Gasteiger partial charge in [-0.3, -0.25) is 4.90 Å². The lowest BCUT2D eigenvalue weighted by Gasteiger charge is -2.26. The minimum atomic E-state index is -0.861. The third-order valence-corrected chi connectivity index (χ3v) is 6.36. The molecule has 0 radical (unpaired) electrons. The highest BCUT2D eigenvalue weighted by Crippen LogP contribution is 2.40. The van der Waals surface area contributed by atoms with Gasteiger partial charge in [0.1, 0.15) is 35.6 Å². The molecule has 0 amide bonds. The number of para-hydroxylation sites is 1. The predicted molar refractivity (Wildman–Crippen MR) is 130 cm³/mol. The molecule has 0 spiro atoms. The molecule has 3 aromatic carbocycles. The van der Waals surface area contributed by atoms with Crippen LogP contribution in [0.3, 0.4) is 0 Å². The first-order chi connectivity index (χ1) is 16.2. The van der Waals surface area contributed by atoms with E-state index in [4.69, 9.17) is 9.15 Å². The van der Waals surface area contributed by atoms with Gasteiger partial charge in [-0.1, -0.05) is 36.8 Å². The van der Waals surface area contributed by atoms with Gasteiger partial charge in [-0.15, -0.1) is 0 Å². The molecular formula is C28H29NO4. The summed E-state index contributed by atoms with van der Waals surface area (Å²) in [4.78, 5) is 2.45. The fraction of sp³-hybridized carbons (Fsp3) is 0.286. The van der Waals surface area contributed by atoms with Crippen LogP contribution in [0.25, 0.3) is 22.3 Å². The second-order valence-corrected chi connectivity index (χ2v) is 8.61. The van der Waals surface area contributed by atoms with E-state index in [0.29, 0.717) is 18.0 Å². The molecule has 2 heterocycles. The Morgan fingerprint density at radius 2 is 1.61 bits per heavy atom. The number of hydrogen-bond donors (Lipinski definition) is 2. The summed E-state index contributed by atoms with van der Waals surface area (Å²) in [7, 11) is 0. The molecule has 5 nitrogen and oxygen atoms in total. The van der Waals surface area contributed by atoms with Crippen LogP contribution in [0, 0.1) is 0 Å². The average molecular weight is 444 g/mol. The lowest BCUT2D eigenvalue weighted by Crippen LogP contribution is -2.33. The molecule has 1 fully saturated rings. The van der Waals surface area contributed by atoms with E-state index >= 15 is 0 Å². The Balaban J connectivity index is 1.36. The maximum Gasteiger partial charge on any atom is 0.141 e. The number of furan rings is 1. The molecule has 1 unspecified atom stereocenters. The van der Waals surface area contributed by atoms with E-state index < -0.39 is 6.10 Å². The molecule has 0 bridgehead atoms. The number of likely N-dealkylation sites (tertiary alicyclic amines) is 1. The number of ether oxygens (including phenoxy) is 1. The van der Waals surface area contributed by atoms with Crippen LogP contribution in [0.1, 0.15) is 36.5 Å². The summed E-state index contributed by atoms with van der Waals surface area (Å²) in [5.41, 5.74) is 3.00. The molecule has 2 N–H and O–H groups in total. The van der Waals surface area contributed by atoms with Crippen molar-refractivity contribution in [2.45, 2.75) is 25.4 Å². The van der Waals surface area contributed by atoms with Crippen LogP contribution in [0.4, 0.5) is 0 Å². The van der Waals surface area contributed by atoms with Gasteiger partial charge in [0.05, 0.1) is 0 Å². The Morgan fingerprint density at radius 3 is 2.36 bits per heavy atom. The van der Waals surface area contributed by atoms with Crippen molar-refractivity contribution in [3.8, 4) is 22.8 Å². The van der Waals surface area contributed by atoms with Gasteiger partial charge in [0.25, 0.3) is 0 Å². The Labute approximate surface area is 193 Å². The fourth-order valence-corrected chi connectivity index (χ4v) is 4.55. The Kier molecular flexibility index (Phi) is 6.33. The van der Waals surface area contributed by atoms with E-state index in [-0.39, 0.29) is 5.75 Å². The second kappa shape index (κ2) is 9.69. The summed E-state index contributed by atoms with van der Waals surface area (Å²) < 4.78 is 12.1. The predicted octanol–water partition coefficient (Wildman–Crippen LogP) is 5.75. The van der Waals surface area contributed by atoms with Gasteiger partial charge in [-0.25, -0.2) is 0 Å². The van der Waals surface area contributed by atoms with Crippen molar-refractivity contribution in [3.05, 3.63) is 83.9 Å². The molecule has 4 aromatic rings. The summed E-state index contributed by atoms with van der Waals surface area (Å²) in [5.74, 6) is 1.59. The number of nitrogens with zero attached hydrogens (tertiary/aromatic N) is 1. The number of hydrogen-bond acceptors (Lipinski definition) is 5. The number of phenols is 1. The molecule has 1 aliphatic rings. The number of piperidine rings is 1. The zero-order valence-corrected chi connectivity index (χ0v) is 18.6. The molecule has 170 valence electrons. The number of aliphatic hydroxyl groups excluding tert-OH is 1. The monoisotopic (exact) mass is 443 g/mol. The fourth-order valence-electron chi connectivity index (χ4n) is 4.55. The molecule has 0 saturated carbocycles. The van der Waals surface area contributed by atoms with Crippen molar-refractivity contribution in [1.29, 1.82) is 0 Å². The zero-order valence-electron chi connectivity index (χ0n) is 18.6. The quantitative estimate of drug-likeness (QED) is 0.381. The van der Waals surface area contributed by atoms with Crippen LogP contribution >= 0.6 is 0 Å². The maximum absolute atomic E-state index is 11.4. The highest BCUT2D eigenvalue weighted by Gasteiger charge is 2.23. The smallest absolute Gasteiger partial charge is 0.141 e. The molecule has 1 saturated heterocycles. The summed E-state index contributed by atoms with van der Waals surface area (Å²) in [5, 5.41) is 21.9. The van der Waals surface area contributed by atoms with E-state index in [0.717, 1.165) is 47.5 Å². The first-order valence-electron chi connectivity index (χ1n) is 11.6. The van der Waals surface area contributed by atoms with Crippen molar-refractivity contribution in [2.75, 3.05) is 26.2 Å². The van der Waals surface area contributed by atoms with E-state index in [1.165, 1.54) is 19.3 Å². The standard InChI is InChI=1S/C28H29NO4/c30-22-12-8-21(9-13-22)28-26(24-6-2-3-7-25(24)33-28)27(31)20-10-14-23(15-11-20)32-19-18-29-16-4-1-5-17-29/h2-3,6-15,27,30-31H,1,4-5,16-19H2. The van der Waals surface area contributed by atoms with Crippen LogP contribution in [-0.4, -0.2) is 41.4 Å². The minimum Gasteiger partial charge on any atom is -0.508 e. The van der Waals surface area contributed by atoms with Crippen molar-refractivity contribution in [3.63, 3.8) is 0 Å². The maximum atomic E-state index is 11.4. The third-order valence-electron chi connectivity index (χ3n) is 6.36. The topological polar surface area (TPSA) is 66.1 Å². The van der Waals surface area contributed by atoms with E-state index in [1.807, 2.05) is 48.5 Å². The third kappa shape index (κ3) is 4.75. The number of benzene rings is 3. The lowest BCUT2D eigenvalue weighted by molar-refractivity contribution is 0.183. The first kappa shape index (κ1) is 21.6. The number of aromatic hydroxyl groups is 1. The molecule has 1 atom stereocenters. The van der Waals surface area contributed by atoms with Gasteiger partial charge in [0.15, 0.2) is 0 Å². The van der Waals surface area contributed by atoms with Crippen molar-refractivity contribution in [2.24, 2.45) is 0 Å². The SMILES string of the molecule is Oc1ccc(-c2oc3ccccc3c2C(O)c2ccc(OCCN3CCCCC3)cc2)cc1. The Hall–Kier alpha value is -3.28. The van der Waals surface area contributed by atoms with Gasteiger partial charge in [0.2, 0.25) is 0 Å². The highest BCUT2D eigenvalue weighted by molar-refractivity contribution is 5.89. The van der Waals surface area contributed by atoms with Crippen molar-refractivity contribution >= 4 is 11.0 Å². The summed E-state index contributed by atoms with van der Waals surface area (Å²) in [6, 6.07) is 22.2. The van der Waals surface area contributed by atoms with E-state index in [9.17, 15) is 10.2 Å². The lowest BCUT2D eigenvalue weighted by atomic mass is 9.96. The molecule has 0 aliphatic carbocycles. The number of fused-ring (bicyclic) bond motifs is 1. The molecule has 1 aromatic heterocycles. The molecular weight excluding hydrogens is 414 g/mol. The summed E-state index contributed by atoms with van der Waals surface area (Å²) >= 11 is 0. The highest BCUT2D eigenvalue weighted by atomic mass is 16.5. The van der Waals surface area contributed by atoms with Gasteiger partial charge < -0.3 is 19.4 Å². The first-order valence-corrected chi connectivity index (χ1v) is 11.6. The second-order valence-electron chi connectivity index (χ2n) is 8.61. The Bertz CT molecular complexity index is 1190. The van der Waals surface area contributed by atoms with Crippen LogP contribution < -0.4 is 4.74 Å². The van der Waals surface area contributed by atoms with Crippen LogP contribution in [0.15, 0.2) is 77.2 Å². The van der Waals surface area contributed by atoms with E-state index in [2.05, 4.69) is 4.90 Å². The average Bonchev–Trinajstić information content (AvgIpc) is 3.25. The van der Waals surface area contributed by atoms with Gasteiger partial charge in [0, 0.05) is 23.1 Å². The summed E-state index contributed by atoms with van der Waals surface area (Å²) in [6.45, 7) is 3.94. The molecule has 5 heteroatoms. The van der Waals surface area contributed by atoms with Gasteiger partial charge in [-0.05, 0) is 74.0 Å². The largest absolute Gasteiger partial charge is 0.508 e. The summed E-state index contributed by atoms with van der Waals surface area (Å²) in [6.07, 6.45) is 3.03. The normalized spacial score (nSPS) is 15.5. The number of rotatable bonds is 7. The van der Waals surface area contributed by atoms with Gasteiger partial charge >= 0.3 is 0 Å². The van der Waals surface area contributed by atoms with Crippen LogP contribution in [0.2, 0.25) is 0 Å². The Morgan fingerprint density at radius 1 is 0.879 bits per heavy atom. The van der Waals surface area contributed by atoms with Crippen molar-refractivity contribution < 1.29 is 19.4 Å². The van der Waals surface area contributed by atoms with Crippen LogP contribution in [-0.2, 0) is 0 Å². The van der Waals surface area contributed by atoms with E-state index in [1.54, 1.807) is 24.3 Å². The van der Waals surface area contributed by atoms with Crippen LogP contribution in [0.5, 0.6) is 11.5 Å². The van der Waals surface area contributed by atoms with Crippen molar-refractivity contribution in [1.82, 2.24) is 4.90 Å². The molecule has 33 heavy (non-hydrogen) atoms. The zero-order chi connectivity index (χ0) is 22.6.